The zero-order valence-electron chi connectivity index (χ0n) is 13.6. The topological polar surface area (TPSA) is 77.8 Å². The van der Waals surface area contributed by atoms with Crippen LogP contribution in [0.2, 0.25) is 0 Å². The Labute approximate surface area is 122 Å². The Morgan fingerprint density at radius 1 is 1.05 bits per heavy atom. The van der Waals surface area contributed by atoms with Crippen LogP contribution >= 0.6 is 7.60 Å². The van der Waals surface area contributed by atoms with E-state index < -0.39 is 18.7 Å². The molecule has 20 heavy (non-hydrogen) atoms. The smallest absolute Gasteiger partial charge is 0.341 e. The van der Waals surface area contributed by atoms with E-state index in [2.05, 4.69) is 0 Å². The van der Waals surface area contributed by atoms with E-state index in [0.29, 0.717) is 25.9 Å². The fourth-order valence-electron chi connectivity index (χ4n) is 2.99. The van der Waals surface area contributed by atoms with Crippen LogP contribution in [0.5, 0.6) is 0 Å². The lowest BCUT2D eigenvalue weighted by molar-refractivity contribution is -0.137. The van der Waals surface area contributed by atoms with Gasteiger partial charge in [-0.25, -0.2) is 0 Å². The number of hydrogen-bond donors (Lipinski definition) is 2. The van der Waals surface area contributed by atoms with Crippen molar-refractivity contribution in [2.24, 2.45) is 11.8 Å². The van der Waals surface area contributed by atoms with Gasteiger partial charge in [-0.1, -0.05) is 40.5 Å². The lowest BCUT2D eigenvalue weighted by atomic mass is 9.78. The molecular formula is C14H30NO4P. The summed E-state index contributed by atoms with van der Waals surface area (Å²) in [6.45, 7) is 11.9. The first-order chi connectivity index (χ1) is 9.14. The van der Waals surface area contributed by atoms with Gasteiger partial charge in [0.2, 0.25) is 5.91 Å². The Morgan fingerprint density at radius 2 is 1.40 bits per heavy atom. The Bertz CT molecular complexity index is 352. The van der Waals surface area contributed by atoms with Gasteiger partial charge >= 0.3 is 7.60 Å². The van der Waals surface area contributed by atoms with Crippen molar-refractivity contribution >= 4 is 13.5 Å². The number of amides is 1. The van der Waals surface area contributed by atoms with Crippen LogP contribution in [0.4, 0.5) is 0 Å². The van der Waals surface area contributed by atoms with Crippen molar-refractivity contribution in [2.75, 3.05) is 13.1 Å². The standard InChI is InChI=1S/C14H30NO4P/c1-7-11(5)14(12(6)8-2,20(17,18)19)13(16)15(9-3)10-4/h11-12H,7-10H2,1-6H3,(H2,17,18,19). The number of carbonyl (C=O) groups is 1. The Balaban J connectivity index is 6.14. The van der Waals surface area contributed by atoms with Crippen LogP contribution in [0.25, 0.3) is 0 Å². The molecule has 0 fully saturated rings. The van der Waals surface area contributed by atoms with Crippen LogP contribution < -0.4 is 0 Å². The molecule has 0 aliphatic rings. The second kappa shape index (κ2) is 7.58. The number of hydrogen-bond acceptors (Lipinski definition) is 2. The van der Waals surface area contributed by atoms with Crippen molar-refractivity contribution in [3.05, 3.63) is 0 Å². The zero-order valence-corrected chi connectivity index (χ0v) is 14.5. The second-order valence-corrected chi connectivity index (χ2v) is 7.29. The molecule has 0 rings (SSSR count). The van der Waals surface area contributed by atoms with Gasteiger partial charge in [0, 0.05) is 13.1 Å². The Kier molecular flexibility index (Phi) is 7.43. The van der Waals surface area contributed by atoms with Crippen LogP contribution in [0, 0.1) is 11.8 Å². The highest BCUT2D eigenvalue weighted by Crippen LogP contribution is 2.60. The average Bonchev–Trinajstić information content (AvgIpc) is 2.38. The van der Waals surface area contributed by atoms with Gasteiger partial charge in [0.15, 0.2) is 5.16 Å². The molecule has 2 atom stereocenters. The van der Waals surface area contributed by atoms with Gasteiger partial charge in [0.1, 0.15) is 0 Å². The highest BCUT2D eigenvalue weighted by molar-refractivity contribution is 7.54. The number of carbonyl (C=O) groups excluding carboxylic acids is 1. The van der Waals surface area contributed by atoms with Gasteiger partial charge in [-0.05, 0) is 25.7 Å². The predicted molar refractivity (Wildman–Crippen MR) is 81.6 cm³/mol. The minimum Gasteiger partial charge on any atom is -0.342 e. The van der Waals surface area contributed by atoms with Crippen LogP contribution in [0.3, 0.4) is 0 Å². The lowest BCUT2D eigenvalue weighted by Crippen LogP contribution is -2.56. The van der Waals surface area contributed by atoms with E-state index in [-0.39, 0.29) is 11.8 Å². The maximum absolute atomic E-state index is 12.9. The molecule has 0 aliphatic heterocycles. The summed E-state index contributed by atoms with van der Waals surface area (Å²) in [6, 6.07) is 0. The molecule has 0 aromatic rings. The summed E-state index contributed by atoms with van der Waals surface area (Å²) in [5.74, 6) is -1.14. The van der Waals surface area contributed by atoms with Crippen LogP contribution in [-0.4, -0.2) is 38.8 Å². The fourth-order valence-corrected chi connectivity index (χ4v) is 4.90. The van der Waals surface area contributed by atoms with Gasteiger partial charge in [-0.15, -0.1) is 0 Å². The van der Waals surface area contributed by atoms with E-state index in [0.717, 1.165) is 0 Å². The number of rotatable bonds is 8. The molecular weight excluding hydrogens is 277 g/mol. The fraction of sp³-hybridized carbons (Fsp3) is 0.929. The molecule has 0 spiro atoms. The van der Waals surface area contributed by atoms with Crippen LogP contribution in [0.1, 0.15) is 54.4 Å². The van der Waals surface area contributed by atoms with Crippen molar-refractivity contribution in [2.45, 2.75) is 59.5 Å². The maximum Gasteiger partial charge on any atom is 0.341 e. The third kappa shape index (κ3) is 3.26. The van der Waals surface area contributed by atoms with Crippen molar-refractivity contribution in [1.29, 1.82) is 0 Å². The SMILES string of the molecule is CCC(C)C(C(=O)N(CC)CC)(C(C)CC)P(=O)(O)O. The van der Waals surface area contributed by atoms with Crippen LogP contribution in [-0.2, 0) is 9.36 Å². The molecule has 5 nitrogen and oxygen atoms in total. The van der Waals surface area contributed by atoms with Crippen LogP contribution in [0.15, 0.2) is 0 Å². The van der Waals surface area contributed by atoms with E-state index >= 15 is 0 Å². The largest absolute Gasteiger partial charge is 0.342 e. The lowest BCUT2D eigenvalue weighted by Gasteiger charge is -2.44. The third-order valence-corrected chi connectivity index (χ3v) is 6.64. The van der Waals surface area contributed by atoms with Gasteiger partial charge in [-0.2, -0.15) is 0 Å². The highest BCUT2D eigenvalue weighted by Gasteiger charge is 2.60. The molecule has 0 saturated carbocycles. The molecule has 6 heteroatoms. The van der Waals surface area contributed by atoms with E-state index in [1.807, 2.05) is 27.7 Å². The van der Waals surface area contributed by atoms with E-state index in [1.54, 1.807) is 13.8 Å². The van der Waals surface area contributed by atoms with E-state index in [1.165, 1.54) is 4.90 Å². The molecule has 0 radical (unpaired) electrons. The molecule has 0 aromatic carbocycles. The highest BCUT2D eigenvalue weighted by atomic mass is 31.2. The van der Waals surface area contributed by atoms with Crippen molar-refractivity contribution in [1.82, 2.24) is 4.90 Å². The first kappa shape index (κ1) is 19.6. The second-order valence-electron chi connectivity index (χ2n) is 5.47. The van der Waals surface area contributed by atoms with Gasteiger partial charge in [-0.3, -0.25) is 9.36 Å². The third-order valence-electron chi connectivity index (χ3n) is 4.60. The summed E-state index contributed by atoms with van der Waals surface area (Å²) < 4.78 is 12.3. The first-order valence-corrected chi connectivity index (χ1v) is 9.11. The van der Waals surface area contributed by atoms with Gasteiger partial charge in [0.25, 0.3) is 0 Å². The van der Waals surface area contributed by atoms with Gasteiger partial charge in [0.05, 0.1) is 0 Å². The molecule has 120 valence electrons. The summed E-state index contributed by atoms with van der Waals surface area (Å²) in [6.07, 6.45) is 1.12. The normalized spacial score (nSPS) is 18.2. The summed E-state index contributed by atoms with van der Waals surface area (Å²) in [5.41, 5.74) is 0. The summed E-state index contributed by atoms with van der Waals surface area (Å²) in [4.78, 5) is 34.5. The summed E-state index contributed by atoms with van der Waals surface area (Å²) in [5, 5.41) is -1.61. The summed E-state index contributed by atoms with van der Waals surface area (Å²) in [7, 11) is -4.58. The molecule has 2 N–H and O–H groups in total. The first-order valence-electron chi connectivity index (χ1n) is 7.49. The molecule has 1 amide bonds. The summed E-state index contributed by atoms with van der Waals surface area (Å²) >= 11 is 0. The Hall–Kier alpha value is -0.380. The average molecular weight is 307 g/mol. The van der Waals surface area contributed by atoms with E-state index in [4.69, 9.17) is 0 Å². The molecule has 2 unspecified atom stereocenters. The van der Waals surface area contributed by atoms with Crippen molar-refractivity contribution < 1.29 is 19.1 Å². The minimum absolute atomic E-state index is 0.369. The van der Waals surface area contributed by atoms with E-state index in [9.17, 15) is 19.1 Å². The van der Waals surface area contributed by atoms with Crippen molar-refractivity contribution in [3.63, 3.8) is 0 Å². The molecule has 0 heterocycles. The quantitative estimate of drug-likeness (QED) is 0.676. The molecule has 0 aromatic heterocycles. The van der Waals surface area contributed by atoms with Gasteiger partial charge < -0.3 is 14.7 Å². The predicted octanol–water partition coefficient (Wildman–Crippen LogP) is 2.86. The van der Waals surface area contributed by atoms with Crippen molar-refractivity contribution in [3.8, 4) is 0 Å². The maximum atomic E-state index is 12.9. The molecule has 0 saturated heterocycles. The minimum atomic E-state index is -4.58. The molecule has 0 aliphatic carbocycles. The zero-order chi connectivity index (χ0) is 16.1. The molecule has 0 bridgehead atoms. The Morgan fingerprint density at radius 3 is 1.60 bits per heavy atom. The monoisotopic (exact) mass is 307 g/mol. The number of nitrogens with zero attached hydrogens (tertiary/aromatic N) is 1.